The molecule has 10 heteroatoms. The fourth-order valence-corrected chi connectivity index (χ4v) is 4.84. The molecule has 3 aromatic heterocycles. The minimum absolute atomic E-state index is 0.140. The van der Waals surface area contributed by atoms with Gasteiger partial charge in [-0.3, -0.25) is 14.9 Å². The van der Waals surface area contributed by atoms with E-state index in [0.717, 1.165) is 22.4 Å². The van der Waals surface area contributed by atoms with Crippen LogP contribution in [0, 0.1) is 6.92 Å². The summed E-state index contributed by atoms with van der Waals surface area (Å²) < 4.78 is 5.45. The highest BCUT2D eigenvalue weighted by molar-refractivity contribution is 7.22. The molecule has 0 atom stereocenters. The van der Waals surface area contributed by atoms with Crippen LogP contribution in [-0.4, -0.2) is 46.1 Å². The van der Waals surface area contributed by atoms with E-state index in [2.05, 4.69) is 25.8 Å². The number of carbonyl (C=O) groups is 2. The fraction of sp³-hybridized carbons (Fsp3) is 0.111. The Bertz CT molecular complexity index is 1650. The van der Waals surface area contributed by atoms with E-state index < -0.39 is 0 Å². The Hall–Kier alpha value is -4.70. The normalized spacial score (nSPS) is 10.8. The largest absolute Gasteiger partial charge is 0.496 e. The van der Waals surface area contributed by atoms with E-state index in [1.807, 2.05) is 55.5 Å². The highest BCUT2D eigenvalue weighted by atomic mass is 32.1. The number of benzene rings is 2. The second-order valence-electron chi connectivity index (χ2n) is 8.12. The zero-order valence-electron chi connectivity index (χ0n) is 20.3. The first-order chi connectivity index (χ1) is 18.0. The molecular weight excluding hydrogens is 488 g/mol. The third-order valence-electron chi connectivity index (χ3n) is 5.84. The number of fused-ring (bicyclic) bond motifs is 1. The minimum Gasteiger partial charge on any atom is -0.496 e. The van der Waals surface area contributed by atoms with E-state index in [-0.39, 0.29) is 11.8 Å². The lowest BCUT2D eigenvalue weighted by Gasteiger charge is -2.11. The number of thiazole rings is 1. The van der Waals surface area contributed by atoms with E-state index in [4.69, 9.17) is 9.72 Å². The molecule has 0 aliphatic rings. The molecule has 9 nitrogen and oxygen atoms in total. The smallest absolute Gasteiger partial charge is 0.259 e. The van der Waals surface area contributed by atoms with Crippen molar-refractivity contribution in [1.82, 2.24) is 25.5 Å². The minimum atomic E-state index is -0.365. The number of anilines is 1. The van der Waals surface area contributed by atoms with Crippen molar-refractivity contribution in [2.24, 2.45) is 0 Å². The van der Waals surface area contributed by atoms with Gasteiger partial charge in [-0.15, -0.1) is 0 Å². The molecule has 0 spiro atoms. The summed E-state index contributed by atoms with van der Waals surface area (Å²) in [6, 6.07) is 16.6. The zero-order chi connectivity index (χ0) is 25.9. The van der Waals surface area contributed by atoms with Gasteiger partial charge in [0.25, 0.3) is 11.8 Å². The van der Waals surface area contributed by atoms with Gasteiger partial charge in [0.15, 0.2) is 5.13 Å². The number of pyridine rings is 1. The maximum atomic E-state index is 13.2. The predicted octanol–water partition coefficient (Wildman–Crippen LogP) is 4.74. The van der Waals surface area contributed by atoms with Crippen molar-refractivity contribution in [3.63, 3.8) is 0 Å². The maximum absolute atomic E-state index is 13.2. The summed E-state index contributed by atoms with van der Waals surface area (Å²) in [6.07, 6.45) is 2.96. The van der Waals surface area contributed by atoms with Gasteiger partial charge in [0.05, 0.1) is 30.8 Å². The van der Waals surface area contributed by atoms with Gasteiger partial charge < -0.3 is 10.1 Å². The number of hydrogen-bond donors (Lipinski definition) is 2. The molecule has 0 aliphatic heterocycles. The SMILES string of the molecule is CNC(=O)c1ccc(-c2ccc3nc(NC(=O)c4cnncc4-c4ccccc4OC)sc3n2)c(C)c1. The Kier molecular flexibility index (Phi) is 6.57. The van der Waals surface area contributed by atoms with Crippen LogP contribution in [-0.2, 0) is 0 Å². The number of nitrogens with one attached hydrogen (secondary N) is 2. The van der Waals surface area contributed by atoms with Gasteiger partial charge >= 0.3 is 0 Å². The highest BCUT2D eigenvalue weighted by Crippen LogP contribution is 2.33. The summed E-state index contributed by atoms with van der Waals surface area (Å²) in [5.41, 5.74) is 5.54. The summed E-state index contributed by atoms with van der Waals surface area (Å²) >= 11 is 1.28. The number of hydrogen-bond acceptors (Lipinski definition) is 8. The Balaban J connectivity index is 1.43. The predicted molar refractivity (Wildman–Crippen MR) is 143 cm³/mol. The van der Waals surface area contributed by atoms with Gasteiger partial charge in [-0.05, 0) is 42.8 Å². The van der Waals surface area contributed by atoms with E-state index in [9.17, 15) is 9.59 Å². The van der Waals surface area contributed by atoms with Crippen LogP contribution in [0.4, 0.5) is 5.13 Å². The molecule has 2 N–H and O–H groups in total. The van der Waals surface area contributed by atoms with Crippen LogP contribution in [0.3, 0.4) is 0 Å². The summed E-state index contributed by atoms with van der Waals surface area (Å²) in [5.74, 6) is 0.120. The first kappa shape index (κ1) is 24.0. The molecule has 2 aromatic carbocycles. The molecule has 5 aromatic rings. The lowest BCUT2D eigenvalue weighted by atomic mass is 10.0. The third-order valence-corrected chi connectivity index (χ3v) is 6.72. The number of methoxy groups -OCH3 is 1. The first-order valence-electron chi connectivity index (χ1n) is 11.3. The average molecular weight is 511 g/mol. The van der Waals surface area contributed by atoms with Crippen molar-refractivity contribution >= 4 is 38.6 Å². The zero-order valence-corrected chi connectivity index (χ0v) is 21.1. The second kappa shape index (κ2) is 10.1. The average Bonchev–Trinajstić information content (AvgIpc) is 3.33. The van der Waals surface area contributed by atoms with E-state index in [0.29, 0.717) is 37.9 Å². The van der Waals surface area contributed by atoms with Crippen molar-refractivity contribution in [1.29, 1.82) is 0 Å². The first-order valence-corrected chi connectivity index (χ1v) is 12.2. The van der Waals surface area contributed by atoms with Crippen molar-refractivity contribution < 1.29 is 14.3 Å². The van der Waals surface area contributed by atoms with Crippen LogP contribution in [0.25, 0.3) is 32.7 Å². The molecule has 5 rings (SSSR count). The summed E-state index contributed by atoms with van der Waals surface area (Å²) in [5, 5.41) is 13.8. The molecule has 0 unspecified atom stereocenters. The summed E-state index contributed by atoms with van der Waals surface area (Å²) in [6.45, 7) is 1.94. The van der Waals surface area contributed by atoms with Gasteiger partial charge in [0, 0.05) is 29.3 Å². The van der Waals surface area contributed by atoms with Gasteiger partial charge in [-0.2, -0.15) is 10.2 Å². The van der Waals surface area contributed by atoms with Gasteiger partial charge in [-0.1, -0.05) is 35.6 Å². The number of aromatic nitrogens is 4. The van der Waals surface area contributed by atoms with Gasteiger partial charge in [0.2, 0.25) is 0 Å². The molecule has 0 fully saturated rings. The van der Waals surface area contributed by atoms with Gasteiger partial charge in [-0.25, -0.2) is 9.97 Å². The van der Waals surface area contributed by atoms with E-state index in [1.165, 1.54) is 23.7 Å². The molecule has 3 heterocycles. The Morgan fingerprint density at radius 1 is 0.892 bits per heavy atom. The third kappa shape index (κ3) is 4.74. The van der Waals surface area contributed by atoms with Crippen LogP contribution in [0.1, 0.15) is 26.3 Å². The number of carbonyl (C=O) groups excluding carboxylic acids is 2. The van der Waals surface area contributed by atoms with Crippen LogP contribution in [0.5, 0.6) is 5.75 Å². The maximum Gasteiger partial charge on any atom is 0.259 e. The van der Waals surface area contributed by atoms with Crippen molar-refractivity contribution in [3.8, 4) is 28.1 Å². The molecule has 184 valence electrons. The molecular formula is C27H22N6O3S. The number of aryl methyl sites for hydroxylation is 1. The number of amides is 2. The highest BCUT2D eigenvalue weighted by Gasteiger charge is 2.19. The fourth-order valence-electron chi connectivity index (χ4n) is 4.01. The molecule has 0 radical (unpaired) electrons. The molecule has 37 heavy (non-hydrogen) atoms. The van der Waals surface area contributed by atoms with E-state index >= 15 is 0 Å². The van der Waals surface area contributed by atoms with Crippen molar-refractivity contribution in [2.75, 3.05) is 19.5 Å². The molecule has 0 saturated carbocycles. The number of rotatable bonds is 6. The standard InChI is InChI=1S/C27H22N6O3S/c1-15-12-16(24(34)28-2)8-9-17(15)21-10-11-22-26(31-21)37-27(32-22)33-25(35)20-14-30-29-13-19(20)18-6-4-5-7-23(18)36-3/h4-14H,1-3H3,(H,28,34)(H,32,33,35). The lowest BCUT2D eigenvalue weighted by Crippen LogP contribution is -2.17. The van der Waals surface area contributed by atoms with Gasteiger partial charge in [0.1, 0.15) is 16.1 Å². The number of para-hydroxylation sites is 1. The Morgan fingerprint density at radius 3 is 2.49 bits per heavy atom. The Morgan fingerprint density at radius 2 is 1.70 bits per heavy atom. The lowest BCUT2D eigenvalue weighted by molar-refractivity contribution is 0.0962. The molecule has 2 amide bonds. The van der Waals surface area contributed by atoms with Crippen LogP contribution < -0.4 is 15.4 Å². The van der Waals surface area contributed by atoms with Crippen LogP contribution >= 0.6 is 11.3 Å². The Labute approximate surface area is 216 Å². The summed E-state index contributed by atoms with van der Waals surface area (Å²) in [4.78, 5) is 35.1. The number of nitrogens with zero attached hydrogens (tertiary/aromatic N) is 4. The second-order valence-corrected chi connectivity index (χ2v) is 9.10. The molecule has 0 bridgehead atoms. The summed E-state index contributed by atoms with van der Waals surface area (Å²) in [7, 11) is 3.18. The topological polar surface area (TPSA) is 119 Å². The molecule has 0 aliphatic carbocycles. The van der Waals surface area contributed by atoms with Crippen LogP contribution in [0.15, 0.2) is 67.0 Å². The molecule has 0 saturated heterocycles. The van der Waals surface area contributed by atoms with Crippen molar-refractivity contribution in [3.05, 3.63) is 83.7 Å². The van der Waals surface area contributed by atoms with Crippen molar-refractivity contribution in [2.45, 2.75) is 6.92 Å². The number of ether oxygens (including phenoxy) is 1. The quantitative estimate of drug-likeness (QED) is 0.338. The van der Waals surface area contributed by atoms with E-state index in [1.54, 1.807) is 20.2 Å². The monoisotopic (exact) mass is 510 g/mol. The van der Waals surface area contributed by atoms with Crippen LogP contribution in [0.2, 0.25) is 0 Å².